The van der Waals surface area contributed by atoms with Crippen LogP contribution in [0, 0.1) is 5.82 Å². The van der Waals surface area contributed by atoms with Gasteiger partial charge in [-0.2, -0.15) is 0 Å². The third kappa shape index (κ3) is 4.02. The van der Waals surface area contributed by atoms with Crippen molar-refractivity contribution in [1.82, 2.24) is 0 Å². The third-order valence-corrected chi connectivity index (χ3v) is 2.89. The number of anilines is 1. The Labute approximate surface area is 127 Å². The molecule has 0 spiro atoms. The van der Waals surface area contributed by atoms with Crippen LogP contribution in [0.2, 0.25) is 0 Å². The number of carbonyl (C=O) groups is 2. The largest absolute Gasteiger partial charge is 0.465 e. The first-order chi connectivity index (χ1) is 10.6. The minimum atomic E-state index is -0.529. The number of nitrogens with one attached hydrogen (secondary N) is 1. The van der Waals surface area contributed by atoms with Crippen LogP contribution in [0.5, 0.6) is 0 Å². The number of hydrogen-bond acceptors (Lipinski definition) is 3. The zero-order chi connectivity index (χ0) is 15.9. The molecule has 22 heavy (non-hydrogen) atoms. The average Bonchev–Trinajstić information content (AvgIpc) is 2.54. The molecule has 0 atom stereocenters. The summed E-state index contributed by atoms with van der Waals surface area (Å²) >= 11 is 0. The fraction of sp³-hybridized carbons (Fsp3) is 0.0588. The van der Waals surface area contributed by atoms with Crippen molar-refractivity contribution >= 4 is 23.6 Å². The van der Waals surface area contributed by atoms with Crippen LogP contribution in [0.25, 0.3) is 6.08 Å². The molecule has 0 fully saturated rings. The number of carbonyl (C=O) groups excluding carboxylic acids is 2. The molecule has 1 N–H and O–H groups in total. The van der Waals surface area contributed by atoms with Gasteiger partial charge in [0.25, 0.3) is 0 Å². The van der Waals surface area contributed by atoms with E-state index in [1.807, 2.05) is 0 Å². The Balaban J connectivity index is 2.09. The summed E-state index contributed by atoms with van der Waals surface area (Å²) < 4.78 is 17.4. The molecule has 112 valence electrons. The molecule has 0 radical (unpaired) electrons. The van der Waals surface area contributed by atoms with Crippen molar-refractivity contribution in [2.24, 2.45) is 0 Å². The molecule has 5 heteroatoms. The van der Waals surface area contributed by atoms with Gasteiger partial charge in [0.2, 0.25) is 5.91 Å². The molecule has 2 aromatic carbocycles. The quantitative estimate of drug-likeness (QED) is 0.696. The molecule has 0 bridgehead atoms. The third-order valence-electron chi connectivity index (χ3n) is 2.89. The summed E-state index contributed by atoms with van der Waals surface area (Å²) in [4.78, 5) is 23.5. The van der Waals surface area contributed by atoms with E-state index >= 15 is 0 Å². The second-order valence-corrected chi connectivity index (χ2v) is 4.41. The number of para-hydroxylation sites is 1. The van der Waals surface area contributed by atoms with Crippen LogP contribution in [0.4, 0.5) is 10.1 Å². The van der Waals surface area contributed by atoms with E-state index < -0.39 is 11.9 Å². The number of amides is 1. The van der Waals surface area contributed by atoms with Crippen LogP contribution in [-0.4, -0.2) is 19.0 Å². The zero-order valence-corrected chi connectivity index (χ0v) is 11.9. The summed E-state index contributed by atoms with van der Waals surface area (Å²) in [7, 11) is 1.27. The lowest BCUT2D eigenvalue weighted by molar-refractivity contribution is -0.111. The molecular weight excluding hydrogens is 285 g/mol. The number of methoxy groups -OCH3 is 1. The van der Waals surface area contributed by atoms with Gasteiger partial charge in [0.1, 0.15) is 5.82 Å². The van der Waals surface area contributed by atoms with Gasteiger partial charge < -0.3 is 10.1 Å². The fourth-order valence-electron chi connectivity index (χ4n) is 1.80. The van der Waals surface area contributed by atoms with E-state index in [-0.39, 0.29) is 11.4 Å². The molecule has 2 rings (SSSR count). The molecule has 0 saturated heterocycles. The zero-order valence-electron chi connectivity index (χ0n) is 11.9. The maximum atomic E-state index is 12.8. The molecule has 0 heterocycles. The smallest absolute Gasteiger partial charge is 0.339 e. The van der Waals surface area contributed by atoms with Crippen LogP contribution >= 0.6 is 0 Å². The van der Waals surface area contributed by atoms with Gasteiger partial charge in [0, 0.05) is 6.08 Å². The molecule has 0 aliphatic heterocycles. The lowest BCUT2D eigenvalue weighted by Gasteiger charge is -2.07. The van der Waals surface area contributed by atoms with E-state index in [1.54, 1.807) is 42.5 Å². The van der Waals surface area contributed by atoms with E-state index in [0.717, 1.165) is 0 Å². The van der Waals surface area contributed by atoms with Gasteiger partial charge in [-0.1, -0.05) is 24.3 Å². The van der Waals surface area contributed by atoms with Crippen LogP contribution in [0.1, 0.15) is 15.9 Å². The van der Waals surface area contributed by atoms with E-state index in [2.05, 4.69) is 10.1 Å². The summed E-state index contributed by atoms with van der Waals surface area (Å²) in [5, 5.41) is 2.61. The number of ether oxygens (including phenoxy) is 1. The molecule has 0 saturated carbocycles. The average molecular weight is 299 g/mol. The standard InChI is InChI=1S/C17H14FNO3/c1-22-17(21)14-4-2-3-5-15(14)19-16(20)11-8-12-6-9-13(18)10-7-12/h2-11H,1H3,(H,19,20). The minimum absolute atomic E-state index is 0.272. The van der Waals surface area contributed by atoms with Crippen molar-refractivity contribution in [1.29, 1.82) is 0 Å². The Morgan fingerprint density at radius 1 is 1.09 bits per heavy atom. The molecule has 0 aliphatic rings. The van der Waals surface area contributed by atoms with E-state index in [0.29, 0.717) is 11.3 Å². The lowest BCUT2D eigenvalue weighted by atomic mass is 10.1. The highest BCUT2D eigenvalue weighted by Crippen LogP contribution is 2.16. The van der Waals surface area contributed by atoms with Gasteiger partial charge in [-0.3, -0.25) is 4.79 Å². The van der Waals surface area contributed by atoms with Crippen molar-refractivity contribution in [3.05, 3.63) is 71.6 Å². The van der Waals surface area contributed by atoms with Crippen LogP contribution < -0.4 is 5.32 Å². The molecule has 0 aliphatic carbocycles. The summed E-state index contributed by atoms with van der Waals surface area (Å²) in [6, 6.07) is 12.3. The van der Waals surface area contributed by atoms with Crippen LogP contribution in [-0.2, 0) is 9.53 Å². The summed E-state index contributed by atoms with van der Waals surface area (Å²) in [6.45, 7) is 0. The minimum Gasteiger partial charge on any atom is -0.465 e. The van der Waals surface area contributed by atoms with Gasteiger partial charge in [0.15, 0.2) is 0 Å². The Bertz CT molecular complexity index is 708. The van der Waals surface area contributed by atoms with E-state index in [1.165, 1.54) is 25.3 Å². The lowest BCUT2D eigenvalue weighted by Crippen LogP contribution is -2.12. The topological polar surface area (TPSA) is 55.4 Å². The molecule has 0 unspecified atom stereocenters. The van der Waals surface area contributed by atoms with Gasteiger partial charge in [0.05, 0.1) is 18.4 Å². The summed E-state index contributed by atoms with van der Waals surface area (Å²) in [6.07, 6.45) is 2.86. The molecule has 4 nitrogen and oxygen atoms in total. The van der Waals surface area contributed by atoms with Gasteiger partial charge in [-0.25, -0.2) is 9.18 Å². The normalized spacial score (nSPS) is 10.5. The fourth-order valence-corrected chi connectivity index (χ4v) is 1.80. The number of halogens is 1. The van der Waals surface area contributed by atoms with E-state index in [9.17, 15) is 14.0 Å². The maximum Gasteiger partial charge on any atom is 0.339 e. The van der Waals surface area contributed by atoms with Crippen molar-refractivity contribution in [2.75, 3.05) is 12.4 Å². The first-order valence-corrected chi connectivity index (χ1v) is 6.52. The molecule has 1 amide bonds. The highest BCUT2D eigenvalue weighted by molar-refractivity contribution is 6.06. The predicted octanol–water partition coefficient (Wildman–Crippen LogP) is 3.26. The predicted molar refractivity (Wildman–Crippen MR) is 81.8 cm³/mol. The van der Waals surface area contributed by atoms with E-state index in [4.69, 9.17) is 0 Å². The number of esters is 1. The molecule has 0 aromatic heterocycles. The summed E-state index contributed by atoms with van der Waals surface area (Å²) in [5.74, 6) is -1.27. The number of rotatable bonds is 4. The summed E-state index contributed by atoms with van der Waals surface area (Å²) in [5.41, 5.74) is 1.33. The van der Waals surface area contributed by atoms with Crippen molar-refractivity contribution in [3.8, 4) is 0 Å². The van der Waals surface area contributed by atoms with Crippen LogP contribution in [0.15, 0.2) is 54.6 Å². The maximum absolute atomic E-state index is 12.8. The Morgan fingerprint density at radius 2 is 1.77 bits per heavy atom. The second kappa shape index (κ2) is 7.17. The first-order valence-electron chi connectivity index (χ1n) is 6.52. The Hall–Kier alpha value is -2.95. The van der Waals surface area contributed by atoms with Crippen molar-refractivity contribution in [3.63, 3.8) is 0 Å². The monoisotopic (exact) mass is 299 g/mol. The van der Waals surface area contributed by atoms with Gasteiger partial charge >= 0.3 is 5.97 Å². The van der Waals surface area contributed by atoms with Crippen molar-refractivity contribution < 1.29 is 18.7 Å². The first kappa shape index (κ1) is 15.4. The second-order valence-electron chi connectivity index (χ2n) is 4.41. The number of benzene rings is 2. The SMILES string of the molecule is COC(=O)c1ccccc1NC(=O)C=Cc1ccc(F)cc1. The van der Waals surface area contributed by atoms with Crippen molar-refractivity contribution in [2.45, 2.75) is 0 Å². The Morgan fingerprint density at radius 3 is 2.45 bits per heavy atom. The Kier molecular flexibility index (Phi) is 5.03. The van der Waals surface area contributed by atoms with Crippen LogP contribution in [0.3, 0.4) is 0 Å². The van der Waals surface area contributed by atoms with Gasteiger partial charge in [-0.15, -0.1) is 0 Å². The molecular formula is C17H14FNO3. The number of hydrogen-bond donors (Lipinski definition) is 1. The highest BCUT2D eigenvalue weighted by Gasteiger charge is 2.11. The van der Waals surface area contributed by atoms with Gasteiger partial charge in [-0.05, 0) is 35.9 Å². The molecule has 2 aromatic rings. The highest BCUT2D eigenvalue weighted by atomic mass is 19.1.